The molecule has 2 aliphatic heterocycles. The Hall–Kier alpha value is -2.38. The zero-order chi connectivity index (χ0) is 21.6. The second kappa shape index (κ2) is 7.71. The Morgan fingerprint density at radius 3 is 2.47 bits per heavy atom. The summed E-state index contributed by atoms with van der Waals surface area (Å²) in [5.41, 5.74) is 1.85. The molecule has 164 valence electrons. The van der Waals surface area contributed by atoms with Gasteiger partial charge >= 0.3 is 0 Å². The molecule has 2 fully saturated rings. The fourth-order valence-corrected chi connectivity index (χ4v) is 4.48. The lowest BCUT2D eigenvalue weighted by molar-refractivity contribution is -0.140. The molecular weight excluding hydrogens is 382 g/mol. The minimum absolute atomic E-state index is 0.0694. The molecule has 1 atom stereocenters. The summed E-state index contributed by atoms with van der Waals surface area (Å²) < 4.78 is 1.78. The molecule has 8 heteroatoms. The molecule has 1 saturated carbocycles. The average Bonchev–Trinajstić information content (AvgIpc) is 3.47. The van der Waals surface area contributed by atoms with Gasteiger partial charge in [0.25, 0.3) is 5.91 Å². The van der Waals surface area contributed by atoms with E-state index < -0.39 is 5.41 Å². The number of aromatic nitrogens is 2. The number of aryl methyl sites for hydroxylation is 1. The summed E-state index contributed by atoms with van der Waals surface area (Å²) in [6.45, 7) is 7.89. The highest BCUT2D eigenvalue weighted by Crippen LogP contribution is 2.28. The quantitative estimate of drug-likeness (QED) is 0.810. The first-order valence-electron chi connectivity index (χ1n) is 11.1. The fraction of sp³-hybridized carbons (Fsp3) is 0.727. The van der Waals surface area contributed by atoms with Crippen LogP contribution in [0.5, 0.6) is 0 Å². The number of hydrogen-bond acceptors (Lipinski definition) is 4. The number of carbonyl (C=O) groups excluding carboxylic acids is 3. The van der Waals surface area contributed by atoms with E-state index in [1.165, 1.54) is 0 Å². The van der Waals surface area contributed by atoms with Crippen LogP contribution >= 0.6 is 0 Å². The topological polar surface area (TPSA) is 87.5 Å². The maximum atomic E-state index is 13.4. The summed E-state index contributed by atoms with van der Waals surface area (Å²) in [7, 11) is 1.86. The highest BCUT2D eigenvalue weighted by atomic mass is 16.2. The molecule has 0 aromatic carbocycles. The number of rotatable bonds is 3. The highest BCUT2D eigenvalue weighted by molar-refractivity contribution is 5.95. The van der Waals surface area contributed by atoms with Gasteiger partial charge in [0.05, 0.1) is 5.92 Å². The van der Waals surface area contributed by atoms with E-state index in [1.54, 1.807) is 9.58 Å². The van der Waals surface area contributed by atoms with Gasteiger partial charge in [0.2, 0.25) is 11.8 Å². The third kappa shape index (κ3) is 4.09. The first-order valence-corrected chi connectivity index (χ1v) is 11.1. The van der Waals surface area contributed by atoms with Crippen LogP contribution in [0.1, 0.15) is 68.2 Å². The Kier molecular flexibility index (Phi) is 5.36. The van der Waals surface area contributed by atoms with E-state index in [0.29, 0.717) is 44.3 Å². The maximum Gasteiger partial charge on any atom is 0.274 e. The minimum Gasteiger partial charge on any atom is -0.353 e. The summed E-state index contributed by atoms with van der Waals surface area (Å²) in [5, 5.41) is 7.61. The average molecular weight is 416 g/mol. The molecule has 1 aromatic rings. The van der Waals surface area contributed by atoms with Gasteiger partial charge in [-0.3, -0.25) is 19.1 Å². The summed E-state index contributed by atoms with van der Waals surface area (Å²) in [5.74, 6) is -0.118. The van der Waals surface area contributed by atoms with Crippen LogP contribution in [0.3, 0.4) is 0 Å². The predicted octanol–water partition coefficient (Wildman–Crippen LogP) is 1.48. The van der Waals surface area contributed by atoms with Crippen molar-refractivity contribution in [3.63, 3.8) is 0 Å². The molecule has 0 spiro atoms. The third-order valence-electron chi connectivity index (χ3n) is 6.38. The van der Waals surface area contributed by atoms with Crippen LogP contribution in [0.25, 0.3) is 0 Å². The van der Waals surface area contributed by atoms with Gasteiger partial charge in [-0.2, -0.15) is 5.10 Å². The highest BCUT2D eigenvalue weighted by Gasteiger charge is 2.37. The normalized spacial score (nSPS) is 21.9. The van der Waals surface area contributed by atoms with Gasteiger partial charge in [-0.1, -0.05) is 20.8 Å². The second-order valence-electron chi connectivity index (χ2n) is 10.00. The predicted molar refractivity (Wildman–Crippen MR) is 112 cm³/mol. The van der Waals surface area contributed by atoms with Gasteiger partial charge in [-0.15, -0.1) is 0 Å². The molecule has 3 aliphatic rings. The van der Waals surface area contributed by atoms with Crippen molar-refractivity contribution in [2.75, 3.05) is 19.6 Å². The number of fused-ring (bicyclic) bond motifs is 1. The SMILES string of the molecule is Cn1nc(C(=O)N2CCCC(C(=O)NC3CC3)C2)c2c1CCN(C(=O)C(C)(C)C)C2. The van der Waals surface area contributed by atoms with Crippen molar-refractivity contribution in [1.82, 2.24) is 24.9 Å². The molecule has 0 radical (unpaired) electrons. The van der Waals surface area contributed by atoms with Crippen molar-refractivity contribution >= 4 is 17.7 Å². The first kappa shape index (κ1) is 20.9. The molecule has 1 saturated heterocycles. The lowest BCUT2D eigenvalue weighted by atomic mass is 9.92. The zero-order valence-electron chi connectivity index (χ0n) is 18.5. The lowest BCUT2D eigenvalue weighted by Gasteiger charge is -2.34. The van der Waals surface area contributed by atoms with Gasteiger partial charge in [-0.25, -0.2) is 0 Å². The van der Waals surface area contributed by atoms with Crippen molar-refractivity contribution in [2.24, 2.45) is 18.4 Å². The summed E-state index contributed by atoms with van der Waals surface area (Å²) in [4.78, 5) is 42.3. The van der Waals surface area contributed by atoms with E-state index in [0.717, 1.165) is 36.9 Å². The summed E-state index contributed by atoms with van der Waals surface area (Å²) in [6.07, 6.45) is 4.45. The van der Waals surface area contributed by atoms with E-state index >= 15 is 0 Å². The molecule has 3 heterocycles. The van der Waals surface area contributed by atoms with Gasteiger partial charge in [0, 0.05) is 62.4 Å². The number of hydrogen-bond donors (Lipinski definition) is 1. The second-order valence-corrected chi connectivity index (χ2v) is 10.00. The standard InChI is InChI=1S/C22H33N5O3/c1-22(2,3)21(30)27-11-9-17-16(13-27)18(24-25(17)4)20(29)26-10-5-6-14(12-26)19(28)23-15-7-8-15/h14-15H,5-13H2,1-4H3,(H,23,28). The molecule has 1 aliphatic carbocycles. The van der Waals surface area contributed by atoms with Crippen molar-refractivity contribution in [3.8, 4) is 0 Å². The molecule has 4 rings (SSSR count). The molecular formula is C22H33N5O3. The summed E-state index contributed by atoms with van der Waals surface area (Å²) >= 11 is 0. The van der Waals surface area contributed by atoms with Crippen molar-refractivity contribution in [1.29, 1.82) is 0 Å². The Bertz CT molecular complexity index is 865. The Balaban J connectivity index is 1.51. The van der Waals surface area contributed by atoms with Crippen molar-refractivity contribution in [3.05, 3.63) is 17.0 Å². The number of carbonyl (C=O) groups is 3. The number of nitrogens with one attached hydrogen (secondary N) is 1. The van der Waals surface area contributed by atoms with Crippen molar-refractivity contribution < 1.29 is 14.4 Å². The third-order valence-corrected chi connectivity index (χ3v) is 6.38. The monoisotopic (exact) mass is 415 g/mol. The van der Waals surface area contributed by atoms with E-state index in [2.05, 4.69) is 10.4 Å². The Morgan fingerprint density at radius 2 is 1.80 bits per heavy atom. The van der Waals surface area contributed by atoms with Gasteiger partial charge in [0.15, 0.2) is 5.69 Å². The van der Waals surface area contributed by atoms with Gasteiger partial charge in [0.1, 0.15) is 0 Å². The van der Waals surface area contributed by atoms with Crippen LogP contribution in [0.2, 0.25) is 0 Å². The van der Waals surface area contributed by atoms with Crippen LogP contribution in [0, 0.1) is 11.3 Å². The van der Waals surface area contributed by atoms with Gasteiger partial charge < -0.3 is 15.1 Å². The summed E-state index contributed by atoms with van der Waals surface area (Å²) in [6, 6.07) is 0.331. The molecule has 1 unspecified atom stereocenters. The Labute approximate surface area is 178 Å². The maximum absolute atomic E-state index is 13.4. The Morgan fingerprint density at radius 1 is 1.07 bits per heavy atom. The molecule has 1 N–H and O–H groups in total. The number of nitrogens with zero attached hydrogens (tertiary/aromatic N) is 4. The largest absolute Gasteiger partial charge is 0.353 e. The number of piperidine rings is 1. The smallest absolute Gasteiger partial charge is 0.274 e. The number of likely N-dealkylation sites (tertiary alicyclic amines) is 1. The number of amides is 3. The fourth-order valence-electron chi connectivity index (χ4n) is 4.48. The molecule has 30 heavy (non-hydrogen) atoms. The zero-order valence-corrected chi connectivity index (χ0v) is 18.5. The molecule has 1 aromatic heterocycles. The molecule has 0 bridgehead atoms. The first-order chi connectivity index (χ1) is 14.1. The van der Waals surface area contributed by atoms with Crippen molar-refractivity contribution in [2.45, 2.75) is 65.5 Å². The van der Waals surface area contributed by atoms with Gasteiger partial charge in [-0.05, 0) is 25.7 Å². The van der Waals surface area contributed by atoms with E-state index in [9.17, 15) is 14.4 Å². The van der Waals surface area contributed by atoms with Crippen LogP contribution in [-0.2, 0) is 29.6 Å². The molecule has 8 nitrogen and oxygen atoms in total. The van der Waals surface area contributed by atoms with Crippen LogP contribution in [-0.4, -0.2) is 63.0 Å². The van der Waals surface area contributed by atoms with E-state index in [4.69, 9.17) is 0 Å². The molecule has 3 amide bonds. The van der Waals surface area contributed by atoms with Crippen LogP contribution in [0.4, 0.5) is 0 Å². The van der Waals surface area contributed by atoms with E-state index in [1.807, 2.05) is 32.7 Å². The van der Waals surface area contributed by atoms with Crippen LogP contribution in [0.15, 0.2) is 0 Å². The van der Waals surface area contributed by atoms with E-state index in [-0.39, 0.29) is 23.6 Å². The lowest BCUT2D eigenvalue weighted by Crippen LogP contribution is -2.46. The van der Waals surface area contributed by atoms with Crippen LogP contribution < -0.4 is 5.32 Å². The minimum atomic E-state index is -0.459.